The van der Waals surface area contributed by atoms with Gasteiger partial charge in [0.25, 0.3) is 5.91 Å². The molecule has 29 heavy (non-hydrogen) atoms. The second-order valence-electron chi connectivity index (χ2n) is 8.21. The molecular weight excluding hydrogens is 384 g/mol. The van der Waals surface area contributed by atoms with Gasteiger partial charge < -0.3 is 10.2 Å². The molecule has 4 rings (SSSR count). The molecular formula is C23H33ClN4O. The van der Waals surface area contributed by atoms with Crippen LogP contribution in [0, 0.1) is 0 Å². The Morgan fingerprint density at radius 3 is 2.76 bits per heavy atom. The normalized spacial score (nSPS) is 22.1. The number of carbonyl (C=O) groups excluding carboxylic acids is 1. The number of halogens is 1. The molecule has 2 aliphatic rings. The second kappa shape index (κ2) is 10.8. The number of piperidine rings is 2. The molecule has 0 aliphatic carbocycles. The van der Waals surface area contributed by atoms with Crippen LogP contribution < -0.4 is 5.32 Å². The first-order valence-electron chi connectivity index (χ1n) is 10.9. The SMILES string of the molecule is Cl.O=C(c1ccn(C2CCCNC2)n1)N1CCCCC1CCCc1ccccc1. The number of likely N-dealkylation sites (tertiary alicyclic amines) is 1. The molecule has 0 bridgehead atoms. The van der Waals surface area contributed by atoms with Gasteiger partial charge in [-0.15, -0.1) is 12.4 Å². The third-order valence-electron chi connectivity index (χ3n) is 6.21. The van der Waals surface area contributed by atoms with Crippen LogP contribution in [0.25, 0.3) is 0 Å². The fourth-order valence-corrected chi connectivity index (χ4v) is 4.62. The van der Waals surface area contributed by atoms with Crippen LogP contribution in [0.1, 0.15) is 67.0 Å². The molecule has 0 radical (unpaired) electrons. The molecule has 1 amide bonds. The lowest BCUT2D eigenvalue weighted by Crippen LogP contribution is -2.44. The van der Waals surface area contributed by atoms with E-state index in [4.69, 9.17) is 0 Å². The maximum Gasteiger partial charge on any atom is 0.274 e. The largest absolute Gasteiger partial charge is 0.334 e. The Morgan fingerprint density at radius 2 is 1.97 bits per heavy atom. The minimum absolute atomic E-state index is 0. The Hall–Kier alpha value is -1.85. The minimum Gasteiger partial charge on any atom is -0.334 e. The molecule has 6 heteroatoms. The molecule has 0 spiro atoms. The van der Waals surface area contributed by atoms with E-state index >= 15 is 0 Å². The number of hydrogen-bond acceptors (Lipinski definition) is 3. The molecule has 1 aromatic heterocycles. The minimum atomic E-state index is 0. The van der Waals surface area contributed by atoms with Gasteiger partial charge in [0.05, 0.1) is 6.04 Å². The first-order valence-corrected chi connectivity index (χ1v) is 10.9. The van der Waals surface area contributed by atoms with Crippen molar-refractivity contribution in [1.82, 2.24) is 20.0 Å². The zero-order chi connectivity index (χ0) is 19.2. The van der Waals surface area contributed by atoms with Gasteiger partial charge in [-0.25, -0.2) is 0 Å². The summed E-state index contributed by atoms with van der Waals surface area (Å²) in [5, 5.41) is 8.08. The number of benzene rings is 1. The highest BCUT2D eigenvalue weighted by Crippen LogP contribution is 2.24. The summed E-state index contributed by atoms with van der Waals surface area (Å²) in [6, 6.07) is 13.3. The van der Waals surface area contributed by atoms with Crippen LogP contribution in [0.3, 0.4) is 0 Å². The van der Waals surface area contributed by atoms with Crippen LogP contribution in [0.5, 0.6) is 0 Å². The Labute approximate surface area is 180 Å². The lowest BCUT2D eigenvalue weighted by Gasteiger charge is -2.35. The number of nitrogens with one attached hydrogen (secondary N) is 1. The average Bonchev–Trinajstić information content (AvgIpc) is 3.25. The quantitative estimate of drug-likeness (QED) is 0.765. The third-order valence-corrected chi connectivity index (χ3v) is 6.21. The van der Waals surface area contributed by atoms with E-state index in [1.165, 1.54) is 18.4 Å². The number of hydrogen-bond donors (Lipinski definition) is 1. The Kier molecular flexibility index (Phi) is 8.13. The Balaban J connectivity index is 0.00000240. The van der Waals surface area contributed by atoms with E-state index in [0.717, 1.165) is 58.2 Å². The number of nitrogens with zero attached hydrogens (tertiary/aromatic N) is 3. The van der Waals surface area contributed by atoms with E-state index in [1.807, 2.05) is 16.9 Å². The summed E-state index contributed by atoms with van der Waals surface area (Å²) in [6.07, 6.45) is 11.0. The van der Waals surface area contributed by atoms with Crippen molar-refractivity contribution in [2.24, 2.45) is 0 Å². The number of amides is 1. The van der Waals surface area contributed by atoms with Crippen molar-refractivity contribution in [2.45, 2.75) is 63.5 Å². The maximum absolute atomic E-state index is 13.2. The fraction of sp³-hybridized carbons (Fsp3) is 0.565. The number of rotatable bonds is 6. The van der Waals surface area contributed by atoms with Crippen LogP contribution in [-0.4, -0.2) is 46.3 Å². The Bertz CT molecular complexity index is 757. The highest BCUT2D eigenvalue weighted by molar-refractivity contribution is 5.92. The van der Waals surface area contributed by atoms with E-state index in [1.54, 1.807) is 0 Å². The van der Waals surface area contributed by atoms with Gasteiger partial charge >= 0.3 is 0 Å². The van der Waals surface area contributed by atoms with Crippen molar-refractivity contribution in [3.63, 3.8) is 0 Å². The standard InChI is InChI=1S/C23H32N4O.ClH/c28-23(22-14-17-27(25-22)21-13-7-15-24-18-21)26-16-5-4-11-20(26)12-6-10-19-8-2-1-3-9-19;/h1-3,8-9,14,17,20-21,24H,4-7,10-13,15-16,18H2;1H. The summed E-state index contributed by atoms with van der Waals surface area (Å²) in [4.78, 5) is 15.3. The third kappa shape index (κ3) is 5.61. The van der Waals surface area contributed by atoms with Crippen molar-refractivity contribution in [1.29, 1.82) is 0 Å². The topological polar surface area (TPSA) is 50.2 Å². The number of aryl methyl sites for hydroxylation is 1. The van der Waals surface area contributed by atoms with Crippen LogP contribution in [0.15, 0.2) is 42.6 Å². The molecule has 2 saturated heterocycles. The van der Waals surface area contributed by atoms with Crippen LogP contribution in [0.4, 0.5) is 0 Å². The molecule has 2 atom stereocenters. The van der Waals surface area contributed by atoms with Crippen molar-refractivity contribution in [3.8, 4) is 0 Å². The molecule has 2 fully saturated rings. The first kappa shape index (κ1) is 21.8. The molecule has 0 saturated carbocycles. The highest BCUT2D eigenvalue weighted by atomic mass is 35.5. The smallest absolute Gasteiger partial charge is 0.274 e. The van der Waals surface area contributed by atoms with E-state index in [9.17, 15) is 4.79 Å². The predicted molar refractivity (Wildman–Crippen MR) is 119 cm³/mol. The van der Waals surface area contributed by atoms with Gasteiger partial charge in [0.2, 0.25) is 0 Å². The zero-order valence-corrected chi connectivity index (χ0v) is 17.9. The summed E-state index contributed by atoms with van der Waals surface area (Å²) in [5.41, 5.74) is 2.00. The van der Waals surface area contributed by atoms with E-state index in [-0.39, 0.29) is 18.3 Å². The molecule has 1 N–H and O–H groups in total. The molecule has 3 heterocycles. The summed E-state index contributed by atoms with van der Waals surface area (Å²) in [6.45, 7) is 2.90. The van der Waals surface area contributed by atoms with E-state index in [0.29, 0.717) is 17.8 Å². The number of carbonyl (C=O) groups is 1. The first-order chi connectivity index (χ1) is 13.8. The van der Waals surface area contributed by atoms with Gasteiger partial charge in [-0.2, -0.15) is 5.10 Å². The molecule has 1 aromatic carbocycles. The van der Waals surface area contributed by atoms with E-state index in [2.05, 4.69) is 45.6 Å². The molecule has 2 aliphatic heterocycles. The molecule has 2 unspecified atom stereocenters. The van der Waals surface area contributed by atoms with Gasteiger partial charge in [-0.3, -0.25) is 9.48 Å². The summed E-state index contributed by atoms with van der Waals surface area (Å²) < 4.78 is 1.99. The van der Waals surface area contributed by atoms with Crippen LogP contribution >= 0.6 is 12.4 Å². The average molecular weight is 417 g/mol. The second-order valence-corrected chi connectivity index (χ2v) is 8.21. The van der Waals surface area contributed by atoms with Gasteiger partial charge in [0.15, 0.2) is 0 Å². The molecule has 158 valence electrons. The number of aromatic nitrogens is 2. The van der Waals surface area contributed by atoms with Crippen LogP contribution in [0.2, 0.25) is 0 Å². The lowest BCUT2D eigenvalue weighted by molar-refractivity contribution is 0.0591. The van der Waals surface area contributed by atoms with Crippen molar-refractivity contribution >= 4 is 18.3 Å². The van der Waals surface area contributed by atoms with Gasteiger partial charge in [0.1, 0.15) is 5.69 Å². The molecule has 5 nitrogen and oxygen atoms in total. The van der Waals surface area contributed by atoms with Crippen LogP contribution in [-0.2, 0) is 6.42 Å². The van der Waals surface area contributed by atoms with Gasteiger partial charge in [0, 0.05) is 25.3 Å². The summed E-state index contributed by atoms with van der Waals surface area (Å²) in [5.74, 6) is 0.118. The van der Waals surface area contributed by atoms with Gasteiger partial charge in [-0.05, 0) is 69.5 Å². The monoisotopic (exact) mass is 416 g/mol. The fourth-order valence-electron chi connectivity index (χ4n) is 4.62. The predicted octanol–water partition coefficient (Wildman–Crippen LogP) is 4.25. The Morgan fingerprint density at radius 1 is 1.10 bits per heavy atom. The van der Waals surface area contributed by atoms with E-state index < -0.39 is 0 Å². The van der Waals surface area contributed by atoms with Gasteiger partial charge in [-0.1, -0.05) is 30.3 Å². The van der Waals surface area contributed by atoms with Crippen molar-refractivity contribution < 1.29 is 4.79 Å². The van der Waals surface area contributed by atoms with Crippen molar-refractivity contribution in [3.05, 3.63) is 53.9 Å². The highest BCUT2D eigenvalue weighted by Gasteiger charge is 2.29. The lowest BCUT2D eigenvalue weighted by atomic mass is 9.95. The summed E-state index contributed by atoms with van der Waals surface area (Å²) in [7, 11) is 0. The zero-order valence-electron chi connectivity index (χ0n) is 17.1. The summed E-state index contributed by atoms with van der Waals surface area (Å²) >= 11 is 0. The molecule has 2 aromatic rings. The van der Waals surface area contributed by atoms with Crippen molar-refractivity contribution in [2.75, 3.05) is 19.6 Å². The maximum atomic E-state index is 13.2.